The van der Waals surface area contributed by atoms with Crippen LogP contribution in [0.15, 0.2) is 18.3 Å². The molecule has 7 heteroatoms. The third-order valence-corrected chi connectivity index (χ3v) is 4.29. The Morgan fingerprint density at radius 2 is 2.12 bits per heavy atom. The van der Waals surface area contributed by atoms with Crippen molar-refractivity contribution in [1.82, 2.24) is 19.7 Å². The molecule has 3 rings (SSSR count). The molecule has 0 spiro atoms. The molecule has 4 N–H and O–H groups in total. The number of amides is 1. The van der Waals surface area contributed by atoms with Crippen molar-refractivity contribution in [3.63, 3.8) is 0 Å². The van der Waals surface area contributed by atoms with E-state index in [1.165, 1.54) is 0 Å². The Bertz CT molecular complexity index is 928. The lowest BCUT2D eigenvalue weighted by Gasteiger charge is -2.21. The van der Waals surface area contributed by atoms with E-state index in [9.17, 15) is 4.79 Å². The molecule has 24 heavy (non-hydrogen) atoms. The highest BCUT2D eigenvalue weighted by molar-refractivity contribution is 6.08. The Hall–Kier alpha value is -2.70. The number of aryl methyl sites for hydroxylation is 1. The van der Waals surface area contributed by atoms with E-state index < -0.39 is 5.41 Å². The fourth-order valence-corrected chi connectivity index (χ4v) is 2.89. The molecule has 0 unspecified atom stereocenters. The molecule has 3 aromatic heterocycles. The third-order valence-electron chi connectivity index (χ3n) is 4.29. The van der Waals surface area contributed by atoms with Gasteiger partial charge in [0.05, 0.1) is 0 Å². The maximum Gasteiger partial charge on any atom is 0.223 e. The number of nitrogen functional groups attached to an aromatic ring is 1. The fourth-order valence-electron chi connectivity index (χ4n) is 2.89. The number of anilines is 1. The molecule has 1 amide bonds. The Balaban J connectivity index is 2.35. The van der Waals surface area contributed by atoms with Crippen molar-refractivity contribution in [2.45, 2.75) is 40.2 Å². The number of nitrogens with two attached hydrogens (primary N) is 2. The molecule has 0 radical (unpaired) electrons. The van der Waals surface area contributed by atoms with E-state index in [1.54, 1.807) is 6.20 Å². The minimum absolute atomic E-state index is 0.343. The van der Waals surface area contributed by atoms with Crippen LogP contribution in [-0.2, 0) is 17.8 Å². The zero-order chi connectivity index (χ0) is 17.5. The molecule has 0 aliphatic rings. The van der Waals surface area contributed by atoms with Crippen LogP contribution in [0.3, 0.4) is 0 Å². The van der Waals surface area contributed by atoms with Gasteiger partial charge in [-0.2, -0.15) is 5.10 Å². The zero-order valence-corrected chi connectivity index (χ0v) is 14.2. The summed E-state index contributed by atoms with van der Waals surface area (Å²) in [5.74, 6) is 0.00791. The highest BCUT2D eigenvalue weighted by Gasteiger charge is 2.29. The largest absolute Gasteiger partial charge is 0.382 e. The summed E-state index contributed by atoms with van der Waals surface area (Å²) < 4.78 is 1.92. The molecule has 7 nitrogen and oxygen atoms in total. The van der Waals surface area contributed by atoms with E-state index in [-0.39, 0.29) is 5.91 Å². The van der Waals surface area contributed by atoms with Crippen LogP contribution in [0, 0.1) is 5.41 Å². The van der Waals surface area contributed by atoms with Gasteiger partial charge in [-0.05, 0) is 18.6 Å². The van der Waals surface area contributed by atoms with Gasteiger partial charge in [0, 0.05) is 41.0 Å². The predicted octanol–water partition coefficient (Wildman–Crippen LogP) is 2.03. The van der Waals surface area contributed by atoms with Crippen molar-refractivity contribution in [3.8, 4) is 0 Å². The molecule has 0 atom stereocenters. The molecule has 3 heterocycles. The summed E-state index contributed by atoms with van der Waals surface area (Å²) in [6.07, 6.45) is 3.08. The second-order valence-corrected chi connectivity index (χ2v) is 6.69. The Morgan fingerprint density at radius 3 is 2.79 bits per heavy atom. The van der Waals surface area contributed by atoms with Gasteiger partial charge in [-0.1, -0.05) is 20.8 Å². The van der Waals surface area contributed by atoms with Crippen LogP contribution in [0.1, 0.15) is 32.9 Å². The van der Waals surface area contributed by atoms with Crippen LogP contribution >= 0.6 is 0 Å². The fraction of sp³-hybridized carbons (Fsp3) is 0.412. The Kier molecular flexibility index (Phi) is 3.87. The van der Waals surface area contributed by atoms with Crippen LogP contribution in [-0.4, -0.2) is 25.7 Å². The lowest BCUT2D eigenvalue weighted by Crippen LogP contribution is -2.34. The van der Waals surface area contributed by atoms with Crippen molar-refractivity contribution in [2.75, 3.05) is 5.73 Å². The number of pyridine rings is 2. The molecular formula is C17H22N6O. The van der Waals surface area contributed by atoms with Gasteiger partial charge >= 0.3 is 0 Å². The van der Waals surface area contributed by atoms with Crippen molar-refractivity contribution < 1.29 is 4.79 Å². The number of carbonyl (C=O) groups is 1. The summed E-state index contributed by atoms with van der Waals surface area (Å²) >= 11 is 0. The van der Waals surface area contributed by atoms with Gasteiger partial charge in [0.1, 0.15) is 5.52 Å². The summed E-state index contributed by atoms with van der Waals surface area (Å²) in [6.45, 7) is 6.50. The summed E-state index contributed by atoms with van der Waals surface area (Å²) in [5.41, 5.74) is 13.2. The van der Waals surface area contributed by atoms with Gasteiger partial charge in [-0.3, -0.25) is 9.48 Å². The molecule has 0 saturated heterocycles. The van der Waals surface area contributed by atoms with Crippen LogP contribution < -0.4 is 11.5 Å². The SMILES string of the molecule is CCCn1nc2c(N)nc3ncccc3c2c1CC(C)(C)C(N)=O. The molecule has 3 aromatic rings. The van der Waals surface area contributed by atoms with E-state index in [4.69, 9.17) is 11.5 Å². The number of hydrogen-bond donors (Lipinski definition) is 2. The second-order valence-electron chi connectivity index (χ2n) is 6.69. The number of carbonyl (C=O) groups excluding carboxylic acids is 1. The van der Waals surface area contributed by atoms with Crippen molar-refractivity contribution in [3.05, 3.63) is 24.0 Å². The first-order valence-corrected chi connectivity index (χ1v) is 8.04. The monoisotopic (exact) mass is 326 g/mol. The highest BCUT2D eigenvalue weighted by atomic mass is 16.1. The van der Waals surface area contributed by atoms with E-state index in [0.717, 1.165) is 29.4 Å². The minimum atomic E-state index is -0.689. The molecule has 0 bridgehead atoms. The summed E-state index contributed by atoms with van der Waals surface area (Å²) in [5, 5.41) is 6.44. The first-order valence-electron chi connectivity index (χ1n) is 8.04. The maximum absolute atomic E-state index is 11.8. The molecule has 0 saturated carbocycles. The van der Waals surface area contributed by atoms with Crippen LogP contribution in [0.5, 0.6) is 0 Å². The van der Waals surface area contributed by atoms with Crippen LogP contribution in [0.25, 0.3) is 21.9 Å². The average Bonchev–Trinajstić information content (AvgIpc) is 2.87. The first kappa shape index (κ1) is 16.2. The third kappa shape index (κ3) is 2.55. The molecular weight excluding hydrogens is 304 g/mol. The van der Waals surface area contributed by atoms with Crippen LogP contribution in [0.2, 0.25) is 0 Å². The van der Waals surface area contributed by atoms with E-state index in [0.29, 0.717) is 23.4 Å². The lowest BCUT2D eigenvalue weighted by atomic mass is 9.86. The quantitative estimate of drug-likeness (QED) is 0.745. The molecule has 0 fully saturated rings. The number of nitrogens with zero attached hydrogens (tertiary/aromatic N) is 4. The van der Waals surface area contributed by atoms with Gasteiger partial charge in [-0.15, -0.1) is 0 Å². The molecule has 0 aliphatic carbocycles. The van der Waals surface area contributed by atoms with Crippen molar-refractivity contribution >= 4 is 33.7 Å². The Labute approximate surface area is 140 Å². The van der Waals surface area contributed by atoms with E-state index in [2.05, 4.69) is 22.0 Å². The second kappa shape index (κ2) is 5.74. The molecule has 126 valence electrons. The first-order chi connectivity index (χ1) is 11.3. The number of primary amides is 1. The van der Waals surface area contributed by atoms with Gasteiger partial charge < -0.3 is 11.5 Å². The molecule has 0 aromatic carbocycles. The number of fused-ring (bicyclic) bond motifs is 3. The maximum atomic E-state index is 11.8. The summed E-state index contributed by atoms with van der Waals surface area (Å²) in [7, 11) is 0. The van der Waals surface area contributed by atoms with Gasteiger partial charge in [-0.25, -0.2) is 9.97 Å². The number of aromatic nitrogens is 4. The van der Waals surface area contributed by atoms with Crippen molar-refractivity contribution in [2.24, 2.45) is 11.1 Å². The number of hydrogen-bond acceptors (Lipinski definition) is 5. The summed E-state index contributed by atoms with van der Waals surface area (Å²) in [4.78, 5) is 20.5. The average molecular weight is 326 g/mol. The smallest absolute Gasteiger partial charge is 0.223 e. The highest BCUT2D eigenvalue weighted by Crippen LogP contribution is 2.33. The number of rotatable bonds is 5. The predicted molar refractivity (Wildman–Crippen MR) is 94.2 cm³/mol. The normalized spacial score (nSPS) is 12.1. The minimum Gasteiger partial charge on any atom is -0.382 e. The van der Waals surface area contributed by atoms with Gasteiger partial charge in [0.2, 0.25) is 5.91 Å². The van der Waals surface area contributed by atoms with E-state index >= 15 is 0 Å². The topological polar surface area (TPSA) is 113 Å². The van der Waals surface area contributed by atoms with Crippen molar-refractivity contribution in [1.29, 1.82) is 0 Å². The zero-order valence-electron chi connectivity index (χ0n) is 14.2. The van der Waals surface area contributed by atoms with Gasteiger partial charge in [0.15, 0.2) is 11.5 Å². The van der Waals surface area contributed by atoms with Gasteiger partial charge in [0.25, 0.3) is 0 Å². The molecule has 0 aliphatic heterocycles. The van der Waals surface area contributed by atoms with E-state index in [1.807, 2.05) is 30.7 Å². The standard InChI is InChI=1S/C17H22N6O/c1-4-8-23-11(9-17(2,3)16(19)24)12-10-6-5-7-20-15(10)21-14(18)13(12)22-23/h5-7H,4,8-9H2,1-3H3,(H2,19,24)(H2,18,20,21). The Morgan fingerprint density at radius 1 is 1.38 bits per heavy atom. The lowest BCUT2D eigenvalue weighted by molar-refractivity contribution is -0.125. The van der Waals surface area contributed by atoms with Crippen LogP contribution in [0.4, 0.5) is 5.82 Å². The summed E-state index contributed by atoms with van der Waals surface area (Å²) in [6, 6.07) is 3.82.